The van der Waals surface area contributed by atoms with Crippen LogP contribution in [0.15, 0.2) is 0 Å². The number of nitrogens with zero attached hydrogens (tertiary/aromatic N) is 1. The van der Waals surface area contributed by atoms with Crippen molar-refractivity contribution in [2.75, 3.05) is 27.2 Å². The molecule has 0 aromatic heterocycles. The van der Waals surface area contributed by atoms with E-state index >= 15 is 0 Å². The molecule has 0 rings (SSSR count). The molecule has 0 saturated carbocycles. The normalized spacial score (nSPS) is 14.1. The minimum Gasteiger partial charge on any atom is -0.317 e. The Kier molecular flexibility index (Phi) is 7.29. The Morgan fingerprint density at radius 1 is 1.08 bits per heavy atom. The highest BCUT2D eigenvalue weighted by Crippen LogP contribution is 2.01. The molecule has 0 aliphatic carbocycles. The van der Waals surface area contributed by atoms with Crippen molar-refractivity contribution in [1.29, 1.82) is 0 Å². The Bertz CT molecular complexity index is 113. The van der Waals surface area contributed by atoms with E-state index in [9.17, 15) is 0 Å². The van der Waals surface area contributed by atoms with Crippen LogP contribution in [0.1, 0.15) is 33.6 Å². The third kappa shape index (κ3) is 8.26. The Balaban J connectivity index is 3.34. The highest BCUT2D eigenvalue weighted by Gasteiger charge is 2.02. The van der Waals surface area contributed by atoms with Crippen LogP contribution in [-0.4, -0.2) is 38.1 Å². The predicted molar refractivity (Wildman–Crippen MR) is 60.1 cm³/mol. The van der Waals surface area contributed by atoms with Crippen molar-refractivity contribution in [2.45, 2.75) is 39.7 Å². The second-order valence-electron chi connectivity index (χ2n) is 4.46. The van der Waals surface area contributed by atoms with E-state index in [1.54, 1.807) is 0 Å². The molecule has 1 N–H and O–H groups in total. The van der Waals surface area contributed by atoms with Crippen LogP contribution >= 0.6 is 0 Å². The summed E-state index contributed by atoms with van der Waals surface area (Å²) in [6.45, 7) is 9.23. The van der Waals surface area contributed by atoms with Gasteiger partial charge in [-0.25, -0.2) is 0 Å². The molecular weight excluding hydrogens is 160 g/mol. The third-order valence-corrected chi connectivity index (χ3v) is 2.52. The van der Waals surface area contributed by atoms with E-state index < -0.39 is 0 Å². The SMILES string of the molecule is CNC(C)CCN(C)CCC(C)C. The van der Waals surface area contributed by atoms with Gasteiger partial charge in [-0.1, -0.05) is 13.8 Å². The number of hydrogen-bond acceptors (Lipinski definition) is 2. The molecule has 0 saturated heterocycles. The number of rotatable bonds is 7. The molecule has 0 heterocycles. The van der Waals surface area contributed by atoms with Crippen LogP contribution in [0.25, 0.3) is 0 Å². The lowest BCUT2D eigenvalue weighted by molar-refractivity contribution is 0.294. The highest BCUT2D eigenvalue weighted by atomic mass is 15.1. The minimum atomic E-state index is 0.640. The van der Waals surface area contributed by atoms with Crippen LogP contribution in [-0.2, 0) is 0 Å². The number of hydrogen-bond donors (Lipinski definition) is 1. The summed E-state index contributed by atoms with van der Waals surface area (Å²) in [5.41, 5.74) is 0. The van der Waals surface area contributed by atoms with Crippen LogP contribution in [0.3, 0.4) is 0 Å². The summed E-state index contributed by atoms with van der Waals surface area (Å²) >= 11 is 0. The van der Waals surface area contributed by atoms with Crippen LogP contribution in [0, 0.1) is 5.92 Å². The molecule has 1 atom stereocenters. The van der Waals surface area contributed by atoms with Gasteiger partial charge in [0.15, 0.2) is 0 Å². The minimum absolute atomic E-state index is 0.640. The first-order valence-corrected chi connectivity index (χ1v) is 5.42. The van der Waals surface area contributed by atoms with Crippen LogP contribution in [0.5, 0.6) is 0 Å². The summed E-state index contributed by atoms with van der Waals surface area (Å²) in [5, 5.41) is 3.26. The fourth-order valence-corrected chi connectivity index (χ4v) is 1.15. The van der Waals surface area contributed by atoms with Gasteiger partial charge in [0.2, 0.25) is 0 Å². The van der Waals surface area contributed by atoms with Crippen molar-refractivity contribution in [2.24, 2.45) is 5.92 Å². The molecule has 0 amide bonds. The summed E-state index contributed by atoms with van der Waals surface area (Å²) in [4.78, 5) is 2.42. The van der Waals surface area contributed by atoms with Gasteiger partial charge < -0.3 is 10.2 Å². The zero-order valence-electron chi connectivity index (χ0n) is 9.93. The second-order valence-corrected chi connectivity index (χ2v) is 4.46. The lowest BCUT2D eigenvalue weighted by Gasteiger charge is -2.19. The third-order valence-electron chi connectivity index (χ3n) is 2.52. The summed E-state index contributed by atoms with van der Waals surface area (Å²) in [6.07, 6.45) is 2.55. The van der Waals surface area contributed by atoms with Crippen molar-refractivity contribution in [3.05, 3.63) is 0 Å². The lowest BCUT2D eigenvalue weighted by atomic mass is 10.1. The molecule has 0 aliphatic heterocycles. The molecule has 0 aromatic carbocycles. The van der Waals surface area contributed by atoms with Gasteiger partial charge >= 0.3 is 0 Å². The van der Waals surface area contributed by atoms with E-state index in [1.165, 1.54) is 25.9 Å². The topological polar surface area (TPSA) is 15.3 Å². The van der Waals surface area contributed by atoms with Gasteiger partial charge in [0.05, 0.1) is 0 Å². The average molecular weight is 186 g/mol. The van der Waals surface area contributed by atoms with Crippen molar-refractivity contribution in [1.82, 2.24) is 10.2 Å². The zero-order valence-corrected chi connectivity index (χ0v) is 9.93. The smallest absolute Gasteiger partial charge is 0.00478 e. The van der Waals surface area contributed by atoms with E-state index in [0.29, 0.717) is 6.04 Å². The largest absolute Gasteiger partial charge is 0.317 e. The zero-order chi connectivity index (χ0) is 10.3. The van der Waals surface area contributed by atoms with Gasteiger partial charge in [-0.05, 0) is 52.9 Å². The van der Waals surface area contributed by atoms with E-state index in [4.69, 9.17) is 0 Å². The molecule has 80 valence electrons. The van der Waals surface area contributed by atoms with Crippen molar-refractivity contribution in [3.63, 3.8) is 0 Å². The first-order valence-electron chi connectivity index (χ1n) is 5.42. The van der Waals surface area contributed by atoms with Crippen LogP contribution in [0.4, 0.5) is 0 Å². The summed E-state index contributed by atoms with van der Waals surface area (Å²) < 4.78 is 0. The Morgan fingerprint density at radius 3 is 2.08 bits per heavy atom. The van der Waals surface area contributed by atoms with E-state index in [-0.39, 0.29) is 0 Å². The van der Waals surface area contributed by atoms with Crippen molar-refractivity contribution < 1.29 is 0 Å². The highest BCUT2D eigenvalue weighted by molar-refractivity contribution is 4.61. The van der Waals surface area contributed by atoms with Gasteiger partial charge in [0.1, 0.15) is 0 Å². The molecule has 0 aromatic rings. The average Bonchev–Trinajstić information content (AvgIpc) is 2.10. The molecule has 2 heteroatoms. The predicted octanol–water partition coefficient (Wildman–Crippen LogP) is 1.96. The first-order chi connectivity index (χ1) is 6.06. The Labute approximate surface area is 83.7 Å². The molecule has 1 unspecified atom stereocenters. The quantitative estimate of drug-likeness (QED) is 0.654. The van der Waals surface area contributed by atoms with Crippen molar-refractivity contribution in [3.8, 4) is 0 Å². The van der Waals surface area contributed by atoms with E-state index in [1.807, 2.05) is 7.05 Å². The molecule has 0 bridgehead atoms. The Hall–Kier alpha value is -0.0800. The molecule has 0 fully saturated rings. The van der Waals surface area contributed by atoms with E-state index in [0.717, 1.165) is 5.92 Å². The molecular formula is C11H26N2. The van der Waals surface area contributed by atoms with Gasteiger partial charge in [0, 0.05) is 6.04 Å². The monoisotopic (exact) mass is 186 g/mol. The number of nitrogens with one attached hydrogen (secondary N) is 1. The summed E-state index contributed by atoms with van der Waals surface area (Å²) in [5.74, 6) is 0.823. The van der Waals surface area contributed by atoms with Gasteiger partial charge in [-0.15, -0.1) is 0 Å². The van der Waals surface area contributed by atoms with Gasteiger partial charge in [-0.2, -0.15) is 0 Å². The fraction of sp³-hybridized carbons (Fsp3) is 1.00. The first kappa shape index (κ1) is 12.9. The van der Waals surface area contributed by atoms with Gasteiger partial charge in [-0.3, -0.25) is 0 Å². The van der Waals surface area contributed by atoms with E-state index in [2.05, 4.69) is 38.0 Å². The second kappa shape index (κ2) is 7.34. The standard InChI is InChI=1S/C11H26N2/c1-10(2)6-8-13(5)9-7-11(3)12-4/h10-12H,6-9H2,1-5H3. The van der Waals surface area contributed by atoms with Crippen molar-refractivity contribution >= 4 is 0 Å². The lowest BCUT2D eigenvalue weighted by Crippen LogP contribution is -2.29. The molecule has 2 nitrogen and oxygen atoms in total. The molecule has 0 aliphatic rings. The summed E-state index contributed by atoms with van der Waals surface area (Å²) in [7, 11) is 4.24. The van der Waals surface area contributed by atoms with Crippen LogP contribution in [0.2, 0.25) is 0 Å². The Morgan fingerprint density at radius 2 is 1.62 bits per heavy atom. The maximum Gasteiger partial charge on any atom is 0.00478 e. The van der Waals surface area contributed by atoms with Gasteiger partial charge in [0.25, 0.3) is 0 Å². The maximum atomic E-state index is 3.26. The van der Waals surface area contributed by atoms with Crippen LogP contribution < -0.4 is 5.32 Å². The fourth-order valence-electron chi connectivity index (χ4n) is 1.15. The molecule has 13 heavy (non-hydrogen) atoms. The molecule has 0 radical (unpaired) electrons. The molecule has 0 spiro atoms. The summed E-state index contributed by atoms with van der Waals surface area (Å²) in [6, 6.07) is 0.640. The maximum absolute atomic E-state index is 3.26.